The Kier molecular flexibility index (Phi) is 6.99. The number of amides is 1. The van der Waals surface area contributed by atoms with Crippen molar-refractivity contribution < 1.29 is 40.6 Å². The second-order valence-electron chi connectivity index (χ2n) is 6.57. The van der Waals surface area contributed by atoms with Crippen molar-refractivity contribution in [1.29, 1.82) is 0 Å². The number of alkyl halides is 6. The zero-order valence-electron chi connectivity index (χ0n) is 15.8. The highest BCUT2D eigenvalue weighted by Crippen LogP contribution is 2.50. The molecule has 29 heavy (non-hydrogen) atoms. The molecule has 1 fully saturated rings. The number of carbonyl (C=O) groups is 1. The maximum absolute atomic E-state index is 13.1. The van der Waals surface area contributed by atoms with Gasteiger partial charge in [0.1, 0.15) is 11.6 Å². The molecule has 0 radical (unpaired) electrons. The van der Waals surface area contributed by atoms with Gasteiger partial charge in [-0.15, -0.1) is 0 Å². The third kappa shape index (κ3) is 5.10. The van der Waals surface area contributed by atoms with Crippen molar-refractivity contribution in [3.63, 3.8) is 0 Å². The van der Waals surface area contributed by atoms with Gasteiger partial charge in [0.2, 0.25) is 11.3 Å². The van der Waals surface area contributed by atoms with Crippen LogP contribution in [0.1, 0.15) is 19.4 Å². The lowest BCUT2D eigenvalue weighted by atomic mass is 9.87. The van der Waals surface area contributed by atoms with Crippen molar-refractivity contribution in [2.75, 3.05) is 38.2 Å². The van der Waals surface area contributed by atoms with E-state index in [2.05, 4.69) is 4.98 Å². The van der Waals surface area contributed by atoms with Crippen LogP contribution in [-0.2, 0) is 16.1 Å². The zero-order chi connectivity index (χ0) is 21.9. The Morgan fingerprint density at radius 3 is 2.31 bits per heavy atom. The third-order valence-corrected chi connectivity index (χ3v) is 4.58. The SMILES string of the molecule is CCOc1cnc(NC(=O)C(C)(C(F)(F)F)C(F)(F)F)cc1CN1CCOCC1. The summed E-state index contributed by atoms with van der Waals surface area (Å²) in [6, 6.07) is 1.21. The predicted molar refractivity (Wildman–Crippen MR) is 90.3 cm³/mol. The molecule has 1 aromatic rings. The van der Waals surface area contributed by atoms with Crippen LogP contribution in [0.15, 0.2) is 12.3 Å². The molecule has 1 aliphatic heterocycles. The van der Waals surface area contributed by atoms with Crippen LogP contribution < -0.4 is 10.1 Å². The molecule has 1 aliphatic rings. The fourth-order valence-corrected chi connectivity index (χ4v) is 2.62. The number of pyridine rings is 1. The summed E-state index contributed by atoms with van der Waals surface area (Å²) in [5.74, 6) is -2.36. The average Bonchev–Trinajstić information content (AvgIpc) is 2.62. The van der Waals surface area contributed by atoms with Crippen LogP contribution in [0.25, 0.3) is 0 Å². The van der Waals surface area contributed by atoms with Crippen molar-refractivity contribution in [2.45, 2.75) is 32.7 Å². The number of hydrogen-bond donors (Lipinski definition) is 1. The summed E-state index contributed by atoms with van der Waals surface area (Å²) in [7, 11) is 0. The van der Waals surface area contributed by atoms with E-state index in [0.717, 1.165) is 6.20 Å². The molecule has 164 valence electrons. The topological polar surface area (TPSA) is 63.7 Å². The van der Waals surface area contributed by atoms with Gasteiger partial charge in [-0.1, -0.05) is 0 Å². The van der Waals surface area contributed by atoms with Crippen LogP contribution in [-0.4, -0.2) is 61.1 Å². The summed E-state index contributed by atoms with van der Waals surface area (Å²) < 4.78 is 89.1. The molecule has 0 unspecified atom stereocenters. The lowest BCUT2D eigenvalue weighted by Crippen LogP contribution is -2.55. The average molecular weight is 429 g/mol. The first kappa shape index (κ1) is 23.2. The lowest BCUT2D eigenvalue weighted by Gasteiger charge is -2.32. The molecule has 0 saturated carbocycles. The number of nitrogens with zero attached hydrogens (tertiary/aromatic N) is 2. The molecule has 0 bridgehead atoms. The van der Waals surface area contributed by atoms with E-state index in [1.807, 2.05) is 4.90 Å². The van der Waals surface area contributed by atoms with E-state index in [9.17, 15) is 31.1 Å². The van der Waals surface area contributed by atoms with E-state index in [-0.39, 0.29) is 13.5 Å². The van der Waals surface area contributed by atoms with Gasteiger partial charge in [0.25, 0.3) is 0 Å². The van der Waals surface area contributed by atoms with Crippen molar-refractivity contribution in [1.82, 2.24) is 9.88 Å². The highest BCUT2D eigenvalue weighted by molar-refractivity contribution is 5.95. The number of rotatable bonds is 6. The third-order valence-electron chi connectivity index (χ3n) is 4.58. The van der Waals surface area contributed by atoms with Crippen molar-refractivity contribution in [3.8, 4) is 5.75 Å². The van der Waals surface area contributed by atoms with Crippen molar-refractivity contribution in [3.05, 3.63) is 17.8 Å². The van der Waals surface area contributed by atoms with Crippen LogP contribution in [0.2, 0.25) is 0 Å². The molecule has 0 aromatic carbocycles. The van der Waals surface area contributed by atoms with Crippen LogP contribution in [0, 0.1) is 5.41 Å². The van der Waals surface area contributed by atoms with Gasteiger partial charge in [0.05, 0.1) is 26.0 Å². The Labute approximate surface area is 163 Å². The normalized spacial score (nSPS) is 16.6. The Balaban J connectivity index is 2.29. The van der Waals surface area contributed by atoms with E-state index in [0.29, 0.717) is 44.2 Å². The van der Waals surface area contributed by atoms with E-state index in [4.69, 9.17) is 9.47 Å². The summed E-state index contributed by atoms with van der Waals surface area (Å²) in [5.41, 5.74) is -4.11. The number of carbonyl (C=O) groups excluding carboxylic acids is 1. The maximum Gasteiger partial charge on any atom is 0.411 e. The summed E-state index contributed by atoms with van der Waals surface area (Å²) in [6.45, 7) is 4.27. The molecule has 2 rings (SSSR count). The number of aromatic nitrogens is 1. The van der Waals surface area contributed by atoms with Crippen LogP contribution in [0.3, 0.4) is 0 Å². The molecular weight excluding hydrogens is 408 g/mol. The molecule has 1 saturated heterocycles. The van der Waals surface area contributed by atoms with Crippen LogP contribution >= 0.6 is 0 Å². The molecule has 0 spiro atoms. The van der Waals surface area contributed by atoms with Gasteiger partial charge < -0.3 is 14.8 Å². The molecular formula is C17H21F6N3O3. The van der Waals surface area contributed by atoms with Gasteiger partial charge in [0, 0.05) is 25.2 Å². The lowest BCUT2D eigenvalue weighted by molar-refractivity contribution is -0.317. The molecule has 1 N–H and O–H groups in total. The number of hydrogen-bond acceptors (Lipinski definition) is 5. The second kappa shape index (κ2) is 8.74. The molecule has 1 amide bonds. The highest BCUT2D eigenvalue weighted by atomic mass is 19.4. The quantitative estimate of drug-likeness (QED) is 0.703. The first-order valence-corrected chi connectivity index (χ1v) is 8.77. The molecule has 0 aliphatic carbocycles. The Bertz CT molecular complexity index is 703. The number of anilines is 1. The summed E-state index contributed by atoms with van der Waals surface area (Å²) in [4.78, 5) is 17.7. The molecule has 6 nitrogen and oxygen atoms in total. The van der Waals surface area contributed by atoms with Gasteiger partial charge in [-0.3, -0.25) is 9.69 Å². The molecule has 0 atom stereocenters. The van der Waals surface area contributed by atoms with E-state index in [1.54, 1.807) is 12.2 Å². The Morgan fingerprint density at radius 1 is 1.21 bits per heavy atom. The number of ether oxygens (including phenoxy) is 2. The molecule has 12 heteroatoms. The summed E-state index contributed by atoms with van der Waals surface area (Å²) >= 11 is 0. The molecule has 2 heterocycles. The minimum absolute atomic E-state index is 0.203. The summed E-state index contributed by atoms with van der Waals surface area (Å²) in [6.07, 6.45) is -10.5. The standard InChI is InChI=1S/C17H21F6N3O3/c1-3-29-12-9-24-13(8-11(12)10-26-4-6-28-7-5-26)25-14(27)15(2,16(18,19)20)17(21,22)23/h8-9H,3-7,10H2,1-2H3,(H,24,25,27). The molecule has 1 aromatic heterocycles. The number of nitrogens with one attached hydrogen (secondary N) is 1. The number of morpholine rings is 1. The fourth-order valence-electron chi connectivity index (χ4n) is 2.62. The first-order valence-electron chi connectivity index (χ1n) is 8.77. The van der Waals surface area contributed by atoms with Crippen LogP contribution in [0.5, 0.6) is 5.75 Å². The number of halogens is 6. The predicted octanol–water partition coefficient (Wildman–Crippen LogP) is 3.38. The van der Waals surface area contributed by atoms with Gasteiger partial charge in [-0.05, 0) is 19.9 Å². The highest BCUT2D eigenvalue weighted by Gasteiger charge is 2.72. The maximum atomic E-state index is 13.1. The summed E-state index contributed by atoms with van der Waals surface area (Å²) in [5, 5.41) is 1.65. The Morgan fingerprint density at radius 2 is 1.79 bits per heavy atom. The van der Waals surface area contributed by atoms with E-state index in [1.165, 1.54) is 6.07 Å². The van der Waals surface area contributed by atoms with Gasteiger partial charge in [-0.2, -0.15) is 26.3 Å². The van der Waals surface area contributed by atoms with Gasteiger partial charge >= 0.3 is 12.4 Å². The fraction of sp³-hybridized carbons (Fsp3) is 0.647. The van der Waals surface area contributed by atoms with Gasteiger partial charge in [0.15, 0.2) is 0 Å². The zero-order valence-corrected chi connectivity index (χ0v) is 15.8. The minimum atomic E-state index is -5.84. The largest absolute Gasteiger partial charge is 0.492 e. The Hall–Kier alpha value is -2.08. The van der Waals surface area contributed by atoms with Crippen molar-refractivity contribution in [2.24, 2.45) is 5.41 Å². The second-order valence-corrected chi connectivity index (χ2v) is 6.57. The minimum Gasteiger partial charge on any atom is -0.492 e. The van der Waals surface area contributed by atoms with Crippen LogP contribution in [0.4, 0.5) is 32.2 Å². The smallest absolute Gasteiger partial charge is 0.411 e. The van der Waals surface area contributed by atoms with Gasteiger partial charge in [-0.25, -0.2) is 4.98 Å². The first-order chi connectivity index (χ1) is 13.4. The monoisotopic (exact) mass is 429 g/mol. The van der Waals surface area contributed by atoms with E-state index >= 15 is 0 Å². The van der Waals surface area contributed by atoms with Crippen molar-refractivity contribution >= 4 is 11.7 Å². The van der Waals surface area contributed by atoms with E-state index < -0.39 is 29.5 Å².